The summed E-state index contributed by atoms with van der Waals surface area (Å²) in [5, 5.41) is 9.25. The molecule has 2 heterocycles. The van der Waals surface area contributed by atoms with Crippen molar-refractivity contribution >= 4 is 5.82 Å². The van der Waals surface area contributed by atoms with Crippen LogP contribution in [0.4, 0.5) is 5.82 Å². The molecule has 2 atom stereocenters. The summed E-state index contributed by atoms with van der Waals surface area (Å²) < 4.78 is 5.62. The molecule has 0 saturated carbocycles. The van der Waals surface area contributed by atoms with Crippen LogP contribution < -0.4 is 10.6 Å². The zero-order chi connectivity index (χ0) is 13.1. The minimum Gasteiger partial charge on any atom is -0.394 e. The average Bonchev–Trinajstić information content (AvgIpc) is 2.38. The molecule has 3 N–H and O–H groups in total. The van der Waals surface area contributed by atoms with Crippen molar-refractivity contribution in [2.75, 3.05) is 24.6 Å². The van der Waals surface area contributed by atoms with Crippen molar-refractivity contribution in [2.24, 2.45) is 5.73 Å². The molecule has 1 aliphatic rings. The van der Waals surface area contributed by atoms with Gasteiger partial charge in [0, 0.05) is 31.4 Å². The van der Waals surface area contributed by atoms with Crippen molar-refractivity contribution in [3.05, 3.63) is 17.6 Å². The number of anilines is 1. The highest BCUT2D eigenvalue weighted by Crippen LogP contribution is 2.21. The topological polar surface area (TPSA) is 84.5 Å². The molecule has 0 radical (unpaired) electrons. The Balaban J connectivity index is 2.26. The van der Waals surface area contributed by atoms with Gasteiger partial charge in [0.25, 0.3) is 0 Å². The van der Waals surface area contributed by atoms with Gasteiger partial charge in [-0.05, 0) is 13.8 Å². The summed E-state index contributed by atoms with van der Waals surface area (Å²) in [7, 11) is 0. The fraction of sp³-hybridized carbons (Fsp3) is 0.667. The lowest BCUT2D eigenvalue weighted by Gasteiger charge is -2.37. The minimum atomic E-state index is -0.172. The largest absolute Gasteiger partial charge is 0.394 e. The lowest BCUT2D eigenvalue weighted by molar-refractivity contribution is -0.0423. The Morgan fingerprint density at radius 3 is 3.00 bits per heavy atom. The fourth-order valence-corrected chi connectivity index (χ4v) is 2.22. The minimum absolute atomic E-state index is 0.0167. The number of nitrogens with two attached hydrogens (primary N) is 1. The Bertz CT molecular complexity index is 413. The quantitative estimate of drug-likeness (QED) is 0.777. The number of rotatable bonds is 3. The second-order valence-electron chi connectivity index (χ2n) is 4.63. The van der Waals surface area contributed by atoms with Crippen molar-refractivity contribution in [2.45, 2.75) is 32.6 Å². The number of aliphatic hydroxyl groups excluding tert-OH is 1. The number of aryl methyl sites for hydroxylation is 1. The molecule has 0 spiro atoms. The third-order valence-corrected chi connectivity index (χ3v) is 3.01. The van der Waals surface area contributed by atoms with Crippen LogP contribution in [0.25, 0.3) is 0 Å². The van der Waals surface area contributed by atoms with Gasteiger partial charge >= 0.3 is 0 Å². The molecule has 0 bridgehead atoms. The second-order valence-corrected chi connectivity index (χ2v) is 4.63. The third kappa shape index (κ3) is 2.77. The van der Waals surface area contributed by atoms with Gasteiger partial charge in [-0.2, -0.15) is 0 Å². The van der Waals surface area contributed by atoms with E-state index in [9.17, 15) is 5.11 Å². The lowest BCUT2D eigenvalue weighted by Crippen LogP contribution is -2.48. The molecule has 1 saturated heterocycles. The number of aliphatic hydroxyl groups is 1. The molecule has 18 heavy (non-hydrogen) atoms. The summed E-state index contributed by atoms with van der Waals surface area (Å²) in [5.41, 5.74) is 6.64. The molecular formula is C12H20N4O2. The van der Waals surface area contributed by atoms with Gasteiger partial charge in [-0.1, -0.05) is 0 Å². The Hall–Kier alpha value is -1.24. The molecule has 0 aliphatic carbocycles. The average molecular weight is 252 g/mol. The van der Waals surface area contributed by atoms with Gasteiger partial charge < -0.3 is 20.5 Å². The van der Waals surface area contributed by atoms with Crippen LogP contribution in [-0.2, 0) is 11.3 Å². The number of morpholine rings is 1. The van der Waals surface area contributed by atoms with Crippen molar-refractivity contribution in [3.63, 3.8) is 0 Å². The Labute approximate surface area is 107 Å². The molecular weight excluding hydrogens is 232 g/mol. The van der Waals surface area contributed by atoms with Gasteiger partial charge in [0.1, 0.15) is 11.6 Å². The highest BCUT2D eigenvalue weighted by Gasteiger charge is 2.26. The van der Waals surface area contributed by atoms with E-state index in [1.807, 2.05) is 13.8 Å². The Morgan fingerprint density at radius 2 is 2.33 bits per heavy atom. The zero-order valence-corrected chi connectivity index (χ0v) is 10.8. The number of ether oxygens (including phenoxy) is 1. The second kappa shape index (κ2) is 5.60. The van der Waals surface area contributed by atoms with Crippen LogP contribution in [0.2, 0.25) is 0 Å². The maximum Gasteiger partial charge on any atom is 0.136 e. The van der Waals surface area contributed by atoms with Crippen molar-refractivity contribution in [1.29, 1.82) is 0 Å². The maximum atomic E-state index is 9.25. The summed E-state index contributed by atoms with van der Waals surface area (Å²) in [6.07, 6.45) is 1.66. The van der Waals surface area contributed by atoms with Crippen LogP contribution >= 0.6 is 0 Å². The van der Waals surface area contributed by atoms with E-state index in [4.69, 9.17) is 10.5 Å². The van der Waals surface area contributed by atoms with E-state index in [1.54, 1.807) is 6.20 Å². The van der Waals surface area contributed by atoms with Crippen LogP contribution in [0, 0.1) is 6.92 Å². The van der Waals surface area contributed by atoms with Crippen LogP contribution in [0.5, 0.6) is 0 Å². The number of hydrogen-bond acceptors (Lipinski definition) is 6. The summed E-state index contributed by atoms with van der Waals surface area (Å²) in [5.74, 6) is 1.58. The summed E-state index contributed by atoms with van der Waals surface area (Å²) in [4.78, 5) is 10.8. The first-order chi connectivity index (χ1) is 8.63. The number of aromatic nitrogens is 2. The number of hydrogen-bond donors (Lipinski definition) is 2. The van der Waals surface area contributed by atoms with Gasteiger partial charge in [-0.15, -0.1) is 0 Å². The van der Waals surface area contributed by atoms with Gasteiger partial charge in [0.15, 0.2) is 0 Å². The van der Waals surface area contributed by atoms with E-state index < -0.39 is 0 Å². The summed E-state index contributed by atoms with van der Waals surface area (Å²) in [6, 6.07) is 0. The molecule has 1 fully saturated rings. The van der Waals surface area contributed by atoms with Gasteiger partial charge in [0.05, 0.1) is 18.8 Å². The smallest absolute Gasteiger partial charge is 0.136 e. The van der Waals surface area contributed by atoms with E-state index in [2.05, 4.69) is 14.9 Å². The molecule has 2 unspecified atom stereocenters. The maximum absolute atomic E-state index is 9.25. The molecule has 1 aliphatic heterocycles. The van der Waals surface area contributed by atoms with Crippen molar-refractivity contribution in [3.8, 4) is 0 Å². The van der Waals surface area contributed by atoms with Crippen molar-refractivity contribution in [1.82, 2.24) is 9.97 Å². The van der Waals surface area contributed by atoms with E-state index in [0.29, 0.717) is 13.1 Å². The zero-order valence-electron chi connectivity index (χ0n) is 10.8. The lowest BCUT2D eigenvalue weighted by atomic mass is 10.2. The van der Waals surface area contributed by atoms with E-state index >= 15 is 0 Å². The Kier molecular flexibility index (Phi) is 4.11. The first-order valence-electron chi connectivity index (χ1n) is 6.18. The fourth-order valence-electron chi connectivity index (χ4n) is 2.22. The first-order valence-corrected chi connectivity index (χ1v) is 6.18. The normalized spacial score (nSPS) is 24.3. The van der Waals surface area contributed by atoms with Crippen LogP contribution in [-0.4, -0.2) is 47.0 Å². The van der Waals surface area contributed by atoms with Crippen LogP contribution in [0.3, 0.4) is 0 Å². The van der Waals surface area contributed by atoms with Crippen LogP contribution in [0.1, 0.15) is 18.3 Å². The molecule has 6 nitrogen and oxygen atoms in total. The van der Waals surface area contributed by atoms with Gasteiger partial charge in [0.2, 0.25) is 0 Å². The highest BCUT2D eigenvalue weighted by atomic mass is 16.5. The van der Waals surface area contributed by atoms with Gasteiger partial charge in [-0.3, -0.25) is 0 Å². The molecule has 1 aromatic heterocycles. The van der Waals surface area contributed by atoms with E-state index in [0.717, 1.165) is 23.8 Å². The summed E-state index contributed by atoms with van der Waals surface area (Å²) >= 11 is 0. The monoisotopic (exact) mass is 252 g/mol. The van der Waals surface area contributed by atoms with Crippen LogP contribution in [0.15, 0.2) is 6.20 Å². The number of nitrogens with zero attached hydrogens (tertiary/aromatic N) is 3. The molecule has 0 aromatic carbocycles. The third-order valence-electron chi connectivity index (χ3n) is 3.01. The van der Waals surface area contributed by atoms with E-state index in [1.165, 1.54) is 0 Å². The predicted molar refractivity (Wildman–Crippen MR) is 68.3 cm³/mol. The molecule has 100 valence electrons. The van der Waals surface area contributed by atoms with Gasteiger partial charge in [-0.25, -0.2) is 9.97 Å². The standard InChI is InChI=1S/C12H20N4O2/c1-8-5-16(6-11(7-17)18-8)12-10(3-13)4-14-9(2)15-12/h4,8,11,17H,3,5-7,13H2,1-2H3. The van der Waals surface area contributed by atoms with E-state index in [-0.39, 0.29) is 18.8 Å². The SMILES string of the molecule is Cc1ncc(CN)c(N2CC(C)OC(CO)C2)n1. The Morgan fingerprint density at radius 1 is 1.56 bits per heavy atom. The highest BCUT2D eigenvalue weighted by molar-refractivity contribution is 5.46. The molecule has 1 aromatic rings. The molecule has 2 rings (SSSR count). The van der Waals surface area contributed by atoms with Crippen molar-refractivity contribution < 1.29 is 9.84 Å². The molecule has 0 amide bonds. The predicted octanol–water partition coefficient (Wildman–Crippen LogP) is -0.170. The molecule has 6 heteroatoms. The first kappa shape index (κ1) is 13.2. The summed E-state index contributed by atoms with van der Waals surface area (Å²) in [6.45, 7) is 5.65.